The van der Waals surface area contributed by atoms with Gasteiger partial charge in [-0.05, 0) is 48.0 Å². The summed E-state index contributed by atoms with van der Waals surface area (Å²) in [6, 6.07) is 11.6. The van der Waals surface area contributed by atoms with Crippen molar-refractivity contribution in [1.82, 2.24) is 0 Å². The van der Waals surface area contributed by atoms with Crippen LogP contribution in [-0.4, -0.2) is 132 Å². The molecule has 2 aliphatic heterocycles. The van der Waals surface area contributed by atoms with Gasteiger partial charge in [0.05, 0.1) is 19.3 Å². The first-order chi connectivity index (χ1) is 26.2. The van der Waals surface area contributed by atoms with Crippen LogP contribution in [0.2, 0.25) is 0 Å². The van der Waals surface area contributed by atoms with E-state index in [0.717, 1.165) is 18.2 Å². The number of hydrogen-bond donors (Lipinski definition) is 10. The third-order valence-electron chi connectivity index (χ3n) is 9.27. The van der Waals surface area contributed by atoms with E-state index >= 15 is 0 Å². The van der Waals surface area contributed by atoms with Crippen LogP contribution in [0.1, 0.15) is 17.2 Å². The third-order valence-corrected chi connectivity index (χ3v) is 9.27. The Hall–Kier alpha value is -5.28. The number of rotatable bonds is 10. The number of benzene rings is 3. The standard InChI is InChI=1S/C37H38O18/c1-50-23-10-15(2-8-18(23)40)3-9-26(44)51-14-25-30(46)31(47)33(49)37(54-25)55-36-32(48)29(45)24(13-38)53-35(36)28-20(42)11-19(41)27-21(43)12-22(52-34(27)28)16-4-6-17(39)7-5-16/h2-12,24-25,29-33,35-42,45-49H,13-14H2,1H3/t24-,25+,29+,30+,31+,32+,33+,35-,36+,37+/m1/s1. The number of phenols is 4. The van der Waals surface area contributed by atoms with Crippen molar-refractivity contribution >= 4 is 23.0 Å². The molecule has 55 heavy (non-hydrogen) atoms. The summed E-state index contributed by atoms with van der Waals surface area (Å²) < 4.78 is 33.7. The lowest BCUT2D eigenvalue weighted by molar-refractivity contribution is -0.342. The second kappa shape index (κ2) is 16.2. The summed E-state index contributed by atoms with van der Waals surface area (Å²) in [6.45, 7) is -1.56. The minimum atomic E-state index is -2.03. The van der Waals surface area contributed by atoms with Crippen LogP contribution in [0.4, 0.5) is 0 Å². The molecule has 6 rings (SSSR count). The van der Waals surface area contributed by atoms with E-state index in [0.29, 0.717) is 11.1 Å². The summed E-state index contributed by atoms with van der Waals surface area (Å²) in [4.78, 5) is 25.9. The highest BCUT2D eigenvalue weighted by Crippen LogP contribution is 2.45. The lowest BCUT2D eigenvalue weighted by atomic mass is 9.89. The molecule has 2 fully saturated rings. The Bertz CT molecular complexity index is 2100. The number of aromatic hydroxyl groups is 4. The lowest BCUT2D eigenvalue weighted by Gasteiger charge is -2.46. The van der Waals surface area contributed by atoms with E-state index < -0.39 is 114 Å². The predicted octanol–water partition coefficient (Wildman–Crippen LogP) is -0.106. The van der Waals surface area contributed by atoms with Gasteiger partial charge in [0.1, 0.15) is 89.9 Å². The van der Waals surface area contributed by atoms with E-state index in [2.05, 4.69) is 0 Å². The number of esters is 1. The minimum absolute atomic E-state index is 0.0879. The first-order valence-electron chi connectivity index (χ1n) is 16.7. The maximum Gasteiger partial charge on any atom is 0.330 e. The Morgan fingerprint density at radius 2 is 1.51 bits per heavy atom. The van der Waals surface area contributed by atoms with Crippen molar-refractivity contribution in [3.63, 3.8) is 0 Å². The molecular formula is C37H38O18. The summed E-state index contributed by atoms with van der Waals surface area (Å²) >= 11 is 0. The Labute approximate surface area is 310 Å². The van der Waals surface area contributed by atoms with E-state index in [9.17, 15) is 60.7 Å². The van der Waals surface area contributed by atoms with Gasteiger partial charge in [0.2, 0.25) is 0 Å². The second-order valence-electron chi connectivity index (χ2n) is 12.8. The molecule has 10 N–H and O–H groups in total. The monoisotopic (exact) mass is 770 g/mol. The van der Waals surface area contributed by atoms with Crippen molar-refractivity contribution in [2.75, 3.05) is 20.3 Å². The van der Waals surface area contributed by atoms with Crippen molar-refractivity contribution in [3.05, 3.63) is 82.0 Å². The molecule has 4 aromatic rings. The van der Waals surface area contributed by atoms with Gasteiger partial charge in [-0.25, -0.2) is 4.79 Å². The van der Waals surface area contributed by atoms with E-state index in [1.807, 2.05) is 0 Å². The number of ether oxygens (including phenoxy) is 5. The van der Waals surface area contributed by atoms with Crippen molar-refractivity contribution in [1.29, 1.82) is 0 Å². The molecule has 0 saturated carbocycles. The van der Waals surface area contributed by atoms with Crippen molar-refractivity contribution < 1.29 is 84.0 Å². The number of carbonyl (C=O) groups is 1. The van der Waals surface area contributed by atoms with Gasteiger partial charge >= 0.3 is 5.97 Å². The summed E-state index contributed by atoms with van der Waals surface area (Å²) in [5.41, 5.74) is -0.899. The lowest BCUT2D eigenvalue weighted by Crippen LogP contribution is -2.63. The molecule has 0 amide bonds. The molecule has 18 nitrogen and oxygen atoms in total. The molecule has 0 radical (unpaired) electrons. The van der Waals surface area contributed by atoms with Crippen LogP contribution >= 0.6 is 0 Å². The Morgan fingerprint density at radius 3 is 2.20 bits per heavy atom. The highest BCUT2D eigenvalue weighted by Gasteiger charge is 2.52. The van der Waals surface area contributed by atoms with Gasteiger partial charge in [-0.2, -0.15) is 0 Å². The minimum Gasteiger partial charge on any atom is -0.508 e. The van der Waals surface area contributed by atoms with Crippen molar-refractivity contribution in [3.8, 4) is 40.1 Å². The van der Waals surface area contributed by atoms with E-state index in [4.69, 9.17) is 28.1 Å². The number of fused-ring (bicyclic) bond motifs is 1. The van der Waals surface area contributed by atoms with Crippen LogP contribution in [0.5, 0.6) is 28.7 Å². The van der Waals surface area contributed by atoms with Crippen LogP contribution in [0.15, 0.2) is 69.9 Å². The van der Waals surface area contributed by atoms with Crippen molar-refractivity contribution in [2.45, 2.75) is 61.2 Å². The molecule has 0 unspecified atom stereocenters. The van der Waals surface area contributed by atoms with Gasteiger partial charge in [0.15, 0.2) is 28.8 Å². The molecule has 2 saturated heterocycles. The Kier molecular flexibility index (Phi) is 11.6. The third kappa shape index (κ3) is 7.94. The smallest absolute Gasteiger partial charge is 0.330 e. The van der Waals surface area contributed by atoms with E-state index in [1.165, 1.54) is 55.7 Å². The SMILES string of the molecule is COc1cc(C=CC(=O)OC[C@@H]2O[C@@H](O[C@H]3[C@@H](O)[C@@H](O)[C@@H](CO)O[C@@H]3c3c(O)cc(O)c4c(=O)cc(-c5ccc(O)cc5)oc34)[C@@H](O)[C@@H](O)[C@H]2O)ccc1O. The van der Waals surface area contributed by atoms with Crippen LogP contribution in [0.3, 0.4) is 0 Å². The summed E-state index contributed by atoms with van der Waals surface area (Å²) in [5.74, 6) is -2.51. The summed E-state index contributed by atoms with van der Waals surface area (Å²) in [7, 11) is 1.35. The fraction of sp³-hybridized carbons (Fsp3) is 0.351. The topological polar surface area (TPSA) is 296 Å². The first-order valence-corrected chi connectivity index (χ1v) is 16.7. The summed E-state index contributed by atoms with van der Waals surface area (Å²) in [6.07, 6.45) is -16.0. The molecular weight excluding hydrogens is 732 g/mol. The number of hydrogen-bond acceptors (Lipinski definition) is 18. The average molecular weight is 771 g/mol. The predicted molar refractivity (Wildman–Crippen MR) is 186 cm³/mol. The van der Waals surface area contributed by atoms with Crippen LogP contribution in [0, 0.1) is 0 Å². The molecule has 18 heteroatoms. The maximum absolute atomic E-state index is 13.3. The molecule has 3 heterocycles. The van der Waals surface area contributed by atoms with Crippen LogP contribution in [-0.2, 0) is 23.7 Å². The molecule has 10 atom stereocenters. The summed E-state index contributed by atoms with van der Waals surface area (Å²) in [5, 5.41) is 105. The van der Waals surface area contributed by atoms with Gasteiger partial charge < -0.3 is 79.2 Å². The van der Waals surface area contributed by atoms with Gasteiger partial charge in [-0.1, -0.05) is 6.07 Å². The quantitative estimate of drug-likeness (QED) is 0.0743. The van der Waals surface area contributed by atoms with Crippen molar-refractivity contribution in [2.24, 2.45) is 0 Å². The molecule has 0 bridgehead atoms. The average Bonchev–Trinajstić information content (AvgIpc) is 3.16. The molecule has 1 aromatic heterocycles. The van der Waals surface area contributed by atoms with Crippen LogP contribution in [0.25, 0.3) is 28.4 Å². The Balaban J connectivity index is 1.30. The normalized spacial score (nSPS) is 28.3. The molecule has 2 aliphatic rings. The first kappa shape index (κ1) is 39.4. The van der Waals surface area contributed by atoms with Gasteiger partial charge in [-0.3, -0.25) is 4.79 Å². The van der Waals surface area contributed by atoms with Gasteiger partial charge in [-0.15, -0.1) is 0 Å². The number of phenolic OH excluding ortho intramolecular Hbond substituents is 4. The number of methoxy groups -OCH3 is 1. The Morgan fingerprint density at radius 1 is 0.800 bits per heavy atom. The number of carbonyl (C=O) groups excluding carboxylic acids is 1. The van der Waals surface area contributed by atoms with Crippen LogP contribution < -0.4 is 10.2 Å². The zero-order valence-electron chi connectivity index (χ0n) is 28.8. The fourth-order valence-electron chi connectivity index (χ4n) is 6.34. The highest BCUT2D eigenvalue weighted by molar-refractivity contribution is 5.90. The fourth-order valence-corrected chi connectivity index (χ4v) is 6.34. The maximum atomic E-state index is 13.3. The van der Waals surface area contributed by atoms with Gasteiger partial charge in [0, 0.05) is 23.8 Å². The molecule has 0 spiro atoms. The number of aliphatic hydroxyl groups is 6. The molecule has 294 valence electrons. The largest absolute Gasteiger partial charge is 0.508 e. The highest BCUT2D eigenvalue weighted by atomic mass is 16.7. The molecule has 3 aromatic carbocycles. The zero-order chi connectivity index (χ0) is 39.7. The second-order valence-corrected chi connectivity index (χ2v) is 12.8. The zero-order valence-corrected chi connectivity index (χ0v) is 28.8. The number of aliphatic hydroxyl groups excluding tert-OH is 6. The van der Waals surface area contributed by atoms with Gasteiger partial charge in [0.25, 0.3) is 0 Å². The van der Waals surface area contributed by atoms with E-state index in [1.54, 1.807) is 0 Å². The van der Waals surface area contributed by atoms with E-state index in [-0.39, 0.29) is 23.0 Å². The molecule has 0 aliphatic carbocycles.